The van der Waals surface area contributed by atoms with Crippen LogP contribution in [0.1, 0.15) is 18.0 Å². The second-order valence-corrected chi connectivity index (χ2v) is 3.73. The molecule has 0 saturated carbocycles. The molecule has 0 aliphatic rings. The quantitative estimate of drug-likeness (QED) is 0.756. The summed E-state index contributed by atoms with van der Waals surface area (Å²) in [6, 6.07) is 6.25. The second kappa shape index (κ2) is 4.43. The zero-order chi connectivity index (χ0) is 14.2. The molecule has 2 aromatic rings. The van der Waals surface area contributed by atoms with Crippen LogP contribution in [0, 0.1) is 0 Å². The summed E-state index contributed by atoms with van der Waals surface area (Å²) in [6.07, 6.45) is 0.303. The van der Waals surface area contributed by atoms with Gasteiger partial charge in [-0.15, -0.1) is 0 Å². The molecule has 2 rings (SSSR count). The highest BCUT2D eigenvalue weighted by Gasteiger charge is 1.98. The van der Waals surface area contributed by atoms with E-state index in [2.05, 4.69) is 15.9 Å². The molecule has 0 N–H and O–H groups in total. The molecule has 0 aliphatic heterocycles. The Labute approximate surface area is 99.7 Å². The zero-order valence-electron chi connectivity index (χ0n) is 12.4. The van der Waals surface area contributed by atoms with Crippen LogP contribution < -0.4 is 0 Å². The highest BCUT2D eigenvalue weighted by atomic mass is 79.9. The van der Waals surface area contributed by atoms with Crippen molar-refractivity contribution in [2.75, 3.05) is 0 Å². The van der Waals surface area contributed by atoms with Gasteiger partial charge < -0.3 is 0 Å². The lowest BCUT2D eigenvalue weighted by molar-refractivity contribution is 1.18. The third-order valence-corrected chi connectivity index (χ3v) is 2.65. The van der Waals surface area contributed by atoms with Gasteiger partial charge in [-0.05, 0) is 23.6 Å². The van der Waals surface area contributed by atoms with Crippen molar-refractivity contribution in [1.29, 1.82) is 0 Å². The maximum Gasteiger partial charge on any atom is 0.0626 e. The van der Waals surface area contributed by atoms with E-state index in [4.69, 9.17) is 6.85 Å². The monoisotopic (exact) mass is 251 g/mol. The van der Waals surface area contributed by atoms with E-state index in [1.165, 1.54) is 0 Å². The van der Waals surface area contributed by atoms with Crippen LogP contribution >= 0.6 is 15.9 Å². The first-order valence-electron chi connectivity index (χ1n) is 6.72. The molecule has 0 saturated heterocycles. The van der Waals surface area contributed by atoms with Crippen molar-refractivity contribution >= 4 is 15.9 Å². The lowest BCUT2D eigenvalue weighted by atomic mass is 10.1. The smallest absolute Gasteiger partial charge is 0.0622 e. The predicted molar refractivity (Wildman–Crippen MR) is 63.4 cm³/mol. The van der Waals surface area contributed by atoms with Crippen molar-refractivity contribution in [1.82, 2.24) is 0 Å². The topological polar surface area (TPSA) is 0 Å². The largest absolute Gasteiger partial charge is 0.0626 e. The minimum Gasteiger partial charge on any atom is -0.0622 e. The molecule has 2 aromatic carbocycles. The summed E-state index contributed by atoms with van der Waals surface area (Å²) in [7, 11) is 0. The van der Waals surface area contributed by atoms with Crippen LogP contribution in [0.4, 0.5) is 0 Å². The van der Waals surface area contributed by atoms with Crippen LogP contribution in [-0.2, 0) is 6.42 Å². The van der Waals surface area contributed by atoms with Gasteiger partial charge >= 0.3 is 0 Å². The van der Waals surface area contributed by atoms with Crippen molar-refractivity contribution < 1.29 is 6.85 Å². The molecule has 14 heavy (non-hydrogen) atoms. The zero-order valence-corrected chi connectivity index (χ0v) is 8.98. The van der Waals surface area contributed by atoms with Gasteiger partial charge in [-0.25, -0.2) is 0 Å². The van der Waals surface area contributed by atoms with E-state index >= 15 is 0 Å². The Kier molecular flexibility index (Phi) is 1.62. The fourth-order valence-electron chi connectivity index (χ4n) is 1.20. The summed E-state index contributed by atoms with van der Waals surface area (Å²) in [4.78, 5) is 0. The highest BCUT2D eigenvalue weighted by Crippen LogP contribution is 2.19. The van der Waals surface area contributed by atoms with Crippen LogP contribution in [0.15, 0.2) is 59.0 Å². The molecule has 0 aromatic heterocycles. The minimum atomic E-state index is -0.356. The molecular weight excluding hydrogens is 236 g/mol. The number of hydrogen-bond donors (Lipinski definition) is 0. The van der Waals surface area contributed by atoms with Gasteiger partial charge in [-0.3, -0.25) is 0 Å². The van der Waals surface area contributed by atoms with Crippen LogP contribution in [0.5, 0.6) is 0 Å². The Hall–Kier alpha value is -1.08. The van der Waals surface area contributed by atoms with E-state index in [9.17, 15) is 0 Å². The number of rotatable bonds is 2. The van der Waals surface area contributed by atoms with Gasteiger partial charge in [0.1, 0.15) is 0 Å². The van der Waals surface area contributed by atoms with Crippen LogP contribution in [-0.4, -0.2) is 0 Å². The van der Waals surface area contributed by atoms with Gasteiger partial charge in [-0.1, -0.05) is 64.3 Å². The number of hydrogen-bond acceptors (Lipinski definition) is 0. The molecule has 0 atom stereocenters. The summed E-state index contributed by atoms with van der Waals surface area (Å²) in [5, 5.41) is 0. The molecule has 0 amide bonds. The Morgan fingerprint density at radius 3 is 2.50 bits per heavy atom. The molecule has 0 fully saturated rings. The van der Waals surface area contributed by atoms with E-state index in [0.717, 1.165) is 10.0 Å². The first-order valence-corrected chi connectivity index (χ1v) is 5.02. The SMILES string of the molecule is [2H]c1c([2H])c([2H])c(Cc2ccccc2Br)c([2H])c1[2H]. The average Bonchev–Trinajstić information content (AvgIpc) is 2.41. The van der Waals surface area contributed by atoms with Gasteiger partial charge in [0.05, 0.1) is 6.85 Å². The van der Waals surface area contributed by atoms with Gasteiger partial charge in [-0.2, -0.15) is 0 Å². The molecule has 1 heteroatoms. The van der Waals surface area contributed by atoms with Gasteiger partial charge in [0, 0.05) is 4.47 Å². The molecular formula is C13H11Br. The van der Waals surface area contributed by atoms with Crippen molar-refractivity contribution in [2.45, 2.75) is 6.42 Å². The van der Waals surface area contributed by atoms with Crippen molar-refractivity contribution in [3.05, 3.63) is 70.1 Å². The van der Waals surface area contributed by atoms with Crippen molar-refractivity contribution in [3.8, 4) is 0 Å². The number of halogens is 1. The number of benzene rings is 2. The molecule has 0 bridgehead atoms. The summed E-state index contributed by atoms with van der Waals surface area (Å²) in [5.74, 6) is 0. The summed E-state index contributed by atoms with van der Waals surface area (Å²) in [5.41, 5.74) is 1.21. The normalized spacial score (nSPS) is 15.1. The Morgan fingerprint density at radius 1 is 1.07 bits per heavy atom. The summed E-state index contributed by atoms with van der Waals surface area (Å²) < 4.78 is 39.4. The van der Waals surface area contributed by atoms with Gasteiger partial charge in [0.25, 0.3) is 0 Å². The predicted octanol–water partition coefficient (Wildman–Crippen LogP) is 4.04. The molecule has 0 radical (unpaired) electrons. The molecule has 0 nitrogen and oxygen atoms in total. The molecule has 0 aliphatic carbocycles. The summed E-state index contributed by atoms with van der Waals surface area (Å²) in [6.45, 7) is 0. The second-order valence-electron chi connectivity index (χ2n) is 2.87. The molecule has 0 heterocycles. The fraction of sp³-hybridized carbons (Fsp3) is 0.0769. The van der Waals surface area contributed by atoms with Crippen LogP contribution in [0.2, 0.25) is 0 Å². The average molecular weight is 252 g/mol. The minimum absolute atomic E-state index is 0.137. The molecule has 70 valence electrons. The van der Waals surface area contributed by atoms with E-state index in [-0.39, 0.29) is 30.2 Å². The maximum absolute atomic E-state index is 7.87. The first kappa shape index (κ1) is 5.13. The van der Waals surface area contributed by atoms with E-state index in [1.807, 2.05) is 24.3 Å². The van der Waals surface area contributed by atoms with E-state index < -0.39 is 0 Å². The maximum atomic E-state index is 7.87. The Morgan fingerprint density at radius 2 is 1.79 bits per heavy atom. The van der Waals surface area contributed by atoms with Crippen LogP contribution in [0.25, 0.3) is 0 Å². The third-order valence-electron chi connectivity index (χ3n) is 1.88. The summed E-state index contributed by atoms with van der Waals surface area (Å²) >= 11 is 3.40. The first-order chi connectivity index (χ1) is 8.93. The van der Waals surface area contributed by atoms with Crippen LogP contribution in [0.3, 0.4) is 0 Å². The van der Waals surface area contributed by atoms with E-state index in [0.29, 0.717) is 12.0 Å². The lowest BCUT2D eigenvalue weighted by Gasteiger charge is -2.03. The third kappa shape index (κ3) is 2.24. The van der Waals surface area contributed by atoms with E-state index in [1.54, 1.807) is 0 Å². The molecule has 0 spiro atoms. The van der Waals surface area contributed by atoms with Crippen molar-refractivity contribution in [2.24, 2.45) is 0 Å². The van der Waals surface area contributed by atoms with Crippen molar-refractivity contribution in [3.63, 3.8) is 0 Å². The van der Waals surface area contributed by atoms with Gasteiger partial charge in [0.15, 0.2) is 0 Å². The Balaban J connectivity index is 2.56. The fourth-order valence-corrected chi connectivity index (χ4v) is 1.62. The Bertz CT molecular complexity index is 610. The molecule has 0 unspecified atom stereocenters. The van der Waals surface area contributed by atoms with Gasteiger partial charge in [0.2, 0.25) is 0 Å². The highest BCUT2D eigenvalue weighted by molar-refractivity contribution is 9.10. The standard InChI is InChI=1S/C13H11Br/c14-13-9-5-4-8-12(13)10-11-6-2-1-3-7-11/h1-9H,10H2/i1D,2D,3D,6D,7D. The lowest BCUT2D eigenvalue weighted by Crippen LogP contribution is -1.88.